The summed E-state index contributed by atoms with van der Waals surface area (Å²) in [7, 11) is -3.90. The monoisotopic (exact) mass is 300 g/mol. The van der Waals surface area contributed by atoms with Crippen molar-refractivity contribution in [1.82, 2.24) is 9.55 Å². The molecule has 106 valence electrons. The van der Waals surface area contributed by atoms with Crippen LogP contribution in [0.5, 0.6) is 0 Å². The van der Waals surface area contributed by atoms with E-state index in [-0.39, 0.29) is 11.6 Å². The van der Waals surface area contributed by atoms with Gasteiger partial charge >= 0.3 is 5.69 Å². The first-order chi connectivity index (χ1) is 9.27. The van der Waals surface area contributed by atoms with Crippen LogP contribution in [0.4, 0.5) is 10.1 Å². The summed E-state index contributed by atoms with van der Waals surface area (Å²) in [5.74, 6) is -0.959. The third kappa shape index (κ3) is 2.97. The van der Waals surface area contributed by atoms with E-state index in [1.54, 1.807) is 0 Å². The van der Waals surface area contributed by atoms with Gasteiger partial charge in [-0.3, -0.25) is 10.1 Å². The molecule has 0 bridgehead atoms. The molecule has 0 aliphatic carbocycles. The number of benzene rings is 1. The largest absolute Gasteiger partial charge is 0.332 e. The van der Waals surface area contributed by atoms with Gasteiger partial charge in [0.1, 0.15) is 0 Å². The number of primary sulfonamides is 1. The third-order valence-electron chi connectivity index (χ3n) is 2.47. The lowest BCUT2D eigenvalue weighted by atomic mass is 10.2. The van der Waals surface area contributed by atoms with Gasteiger partial charge in [0.05, 0.1) is 11.3 Å². The molecule has 0 unspecified atom stereocenters. The number of rotatable bonds is 4. The minimum Gasteiger partial charge on any atom is -0.332 e. The summed E-state index contributed by atoms with van der Waals surface area (Å²) in [5.41, 5.74) is -0.198. The van der Waals surface area contributed by atoms with Crippen molar-refractivity contribution >= 4 is 15.7 Å². The van der Waals surface area contributed by atoms with Crippen molar-refractivity contribution in [3.05, 3.63) is 52.2 Å². The van der Waals surface area contributed by atoms with Crippen LogP contribution in [0.15, 0.2) is 35.7 Å². The Kier molecular flexibility index (Phi) is 3.51. The summed E-state index contributed by atoms with van der Waals surface area (Å²) in [5, 5.41) is 15.1. The molecule has 0 fully saturated rings. The van der Waals surface area contributed by atoms with Crippen LogP contribution in [0.25, 0.3) is 0 Å². The van der Waals surface area contributed by atoms with Gasteiger partial charge in [0.2, 0.25) is 5.82 Å². The molecule has 1 aromatic carbocycles. The molecule has 0 aliphatic rings. The van der Waals surface area contributed by atoms with Gasteiger partial charge in [-0.1, -0.05) is 6.07 Å². The Balaban J connectivity index is 2.25. The van der Waals surface area contributed by atoms with Crippen LogP contribution in [0.1, 0.15) is 5.56 Å². The number of halogens is 1. The second-order valence-corrected chi connectivity index (χ2v) is 5.48. The van der Waals surface area contributed by atoms with Crippen LogP contribution in [0.3, 0.4) is 0 Å². The molecule has 0 saturated carbocycles. The lowest BCUT2D eigenvalue weighted by molar-refractivity contribution is -0.387. The molecule has 8 nitrogen and oxygen atoms in total. The molecule has 1 aromatic heterocycles. The number of aromatic nitrogens is 2. The molecule has 0 radical (unpaired) electrons. The number of nitrogens with two attached hydrogens (primary N) is 1. The van der Waals surface area contributed by atoms with Crippen molar-refractivity contribution in [1.29, 1.82) is 0 Å². The molecule has 0 saturated heterocycles. The van der Waals surface area contributed by atoms with E-state index in [0.717, 1.165) is 12.1 Å². The van der Waals surface area contributed by atoms with Crippen molar-refractivity contribution < 1.29 is 17.7 Å². The predicted octanol–water partition coefficient (Wildman–Crippen LogP) is 0.626. The summed E-state index contributed by atoms with van der Waals surface area (Å²) in [6, 6.07) is 3.43. The average molecular weight is 300 g/mol. The van der Waals surface area contributed by atoms with Gasteiger partial charge in [-0.25, -0.2) is 18.5 Å². The highest BCUT2D eigenvalue weighted by atomic mass is 32.2. The van der Waals surface area contributed by atoms with Crippen molar-refractivity contribution in [3.8, 4) is 0 Å². The van der Waals surface area contributed by atoms with E-state index >= 15 is 0 Å². The van der Waals surface area contributed by atoms with Crippen molar-refractivity contribution in [2.24, 2.45) is 5.14 Å². The quantitative estimate of drug-likeness (QED) is 0.655. The van der Waals surface area contributed by atoms with E-state index in [4.69, 9.17) is 5.14 Å². The molecule has 0 aliphatic heterocycles. The first kappa shape index (κ1) is 14.1. The molecule has 20 heavy (non-hydrogen) atoms. The zero-order chi connectivity index (χ0) is 14.9. The lowest BCUT2D eigenvalue weighted by Crippen LogP contribution is -2.12. The number of nitro groups is 1. The van der Waals surface area contributed by atoms with Crippen LogP contribution in [-0.2, 0) is 16.6 Å². The zero-order valence-electron chi connectivity index (χ0n) is 9.93. The molecular formula is C10H9FN4O4S. The summed E-state index contributed by atoms with van der Waals surface area (Å²) in [4.78, 5) is 13.3. The highest BCUT2D eigenvalue weighted by molar-refractivity contribution is 7.89. The molecular weight excluding hydrogens is 291 g/mol. The van der Waals surface area contributed by atoms with Crippen molar-refractivity contribution in [3.63, 3.8) is 0 Å². The molecule has 10 heteroatoms. The Morgan fingerprint density at radius 2 is 2.15 bits per heavy atom. The second kappa shape index (κ2) is 4.98. The molecule has 0 atom stereocenters. The van der Waals surface area contributed by atoms with Gasteiger partial charge in [-0.15, -0.1) is 0 Å². The van der Waals surface area contributed by atoms with E-state index < -0.39 is 26.5 Å². The van der Waals surface area contributed by atoms with Crippen molar-refractivity contribution in [2.75, 3.05) is 0 Å². The Labute approximate surface area is 112 Å². The summed E-state index contributed by atoms with van der Waals surface area (Å²) in [6.07, 6.45) is 2.41. The maximum atomic E-state index is 13.4. The normalized spacial score (nSPS) is 11.5. The third-order valence-corrected chi connectivity index (χ3v) is 3.27. The van der Waals surface area contributed by atoms with Gasteiger partial charge < -0.3 is 4.57 Å². The molecule has 0 amide bonds. The van der Waals surface area contributed by atoms with Gasteiger partial charge in [-0.05, 0) is 11.6 Å². The summed E-state index contributed by atoms with van der Waals surface area (Å²) in [6.45, 7) is 0.109. The van der Waals surface area contributed by atoms with Gasteiger partial charge in [0, 0.05) is 18.8 Å². The van der Waals surface area contributed by atoms with E-state index in [1.165, 1.54) is 23.2 Å². The Morgan fingerprint density at radius 3 is 2.65 bits per heavy atom. The van der Waals surface area contributed by atoms with E-state index in [1.807, 2.05) is 0 Å². The van der Waals surface area contributed by atoms with E-state index in [0.29, 0.717) is 5.56 Å². The van der Waals surface area contributed by atoms with Crippen molar-refractivity contribution in [2.45, 2.75) is 11.6 Å². The Morgan fingerprint density at radius 1 is 1.45 bits per heavy atom. The standard InChI is InChI=1S/C10H9FN4O4S/c11-8-3-7(1-2-9(8)15(16)17)4-14-5-10(13-6-14)20(12,18)19/h1-3,5-6H,4H2,(H2,12,18,19). The molecule has 1 heterocycles. The Bertz CT molecular complexity index is 771. The minimum absolute atomic E-state index is 0.109. The number of nitro benzene ring substituents is 1. The van der Waals surface area contributed by atoms with Gasteiger partial charge in [-0.2, -0.15) is 4.39 Å². The van der Waals surface area contributed by atoms with Gasteiger partial charge in [0.15, 0.2) is 5.03 Å². The maximum absolute atomic E-state index is 13.4. The number of hydrogen-bond acceptors (Lipinski definition) is 5. The smallest absolute Gasteiger partial charge is 0.304 e. The zero-order valence-corrected chi connectivity index (χ0v) is 10.7. The lowest BCUT2D eigenvalue weighted by Gasteiger charge is -2.02. The number of nitrogens with zero attached hydrogens (tertiary/aromatic N) is 3. The first-order valence-corrected chi connectivity index (χ1v) is 6.79. The van der Waals surface area contributed by atoms with Crippen LogP contribution < -0.4 is 5.14 Å². The molecule has 2 N–H and O–H groups in total. The van der Waals surface area contributed by atoms with Crippen LogP contribution in [-0.4, -0.2) is 22.9 Å². The highest BCUT2D eigenvalue weighted by Gasteiger charge is 2.15. The SMILES string of the molecule is NS(=O)(=O)c1cn(Cc2ccc([N+](=O)[O-])c(F)c2)cn1. The first-order valence-electron chi connectivity index (χ1n) is 5.25. The van der Waals surface area contributed by atoms with Crippen LogP contribution >= 0.6 is 0 Å². The fourth-order valence-electron chi connectivity index (χ4n) is 1.58. The maximum Gasteiger partial charge on any atom is 0.304 e. The fourth-order valence-corrected chi connectivity index (χ4v) is 2.06. The average Bonchev–Trinajstić information content (AvgIpc) is 2.76. The summed E-state index contributed by atoms with van der Waals surface area (Å²) < 4.78 is 36.9. The van der Waals surface area contributed by atoms with E-state index in [2.05, 4.69) is 4.98 Å². The molecule has 2 rings (SSSR count). The molecule has 0 spiro atoms. The number of hydrogen-bond donors (Lipinski definition) is 1. The topological polar surface area (TPSA) is 121 Å². The van der Waals surface area contributed by atoms with Crippen LogP contribution in [0.2, 0.25) is 0 Å². The minimum atomic E-state index is -3.90. The highest BCUT2D eigenvalue weighted by Crippen LogP contribution is 2.18. The predicted molar refractivity (Wildman–Crippen MR) is 65.8 cm³/mol. The van der Waals surface area contributed by atoms with Crippen LogP contribution in [0, 0.1) is 15.9 Å². The summed E-state index contributed by atoms with van der Waals surface area (Å²) >= 11 is 0. The second-order valence-electron chi connectivity index (χ2n) is 3.97. The van der Waals surface area contributed by atoms with E-state index in [9.17, 15) is 22.9 Å². The fraction of sp³-hybridized carbons (Fsp3) is 0.100. The Hall–Kier alpha value is -2.33. The number of imidazole rings is 1. The number of sulfonamides is 1. The molecule has 2 aromatic rings. The van der Waals surface area contributed by atoms with Gasteiger partial charge in [0.25, 0.3) is 10.0 Å².